The summed E-state index contributed by atoms with van der Waals surface area (Å²) in [7, 11) is 0. The van der Waals surface area contributed by atoms with Gasteiger partial charge in [-0.15, -0.1) is 0 Å². The van der Waals surface area contributed by atoms with Crippen LogP contribution in [0.2, 0.25) is 0 Å². The minimum Gasteiger partial charge on any atom is -0.354 e. The van der Waals surface area contributed by atoms with Crippen LogP contribution in [0.4, 0.5) is 18.0 Å². The molecule has 4 amide bonds. The van der Waals surface area contributed by atoms with E-state index in [1.165, 1.54) is 12.1 Å². The van der Waals surface area contributed by atoms with Gasteiger partial charge in [-0.2, -0.15) is 13.2 Å². The Morgan fingerprint density at radius 1 is 1.00 bits per heavy atom. The lowest BCUT2D eigenvalue weighted by atomic mass is 9.90. The number of carbonyl (C=O) groups is 3. The summed E-state index contributed by atoms with van der Waals surface area (Å²) in [5.41, 5.74) is -0.822. The van der Waals surface area contributed by atoms with E-state index >= 15 is 0 Å². The van der Waals surface area contributed by atoms with Gasteiger partial charge in [0, 0.05) is 6.54 Å². The zero-order chi connectivity index (χ0) is 24.5. The summed E-state index contributed by atoms with van der Waals surface area (Å²) >= 11 is 0. The van der Waals surface area contributed by atoms with Crippen molar-refractivity contribution in [3.8, 4) is 0 Å². The van der Waals surface area contributed by atoms with Gasteiger partial charge in [0.25, 0.3) is 5.91 Å². The van der Waals surface area contributed by atoms with Gasteiger partial charge in [0.1, 0.15) is 12.1 Å². The smallest absolute Gasteiger partial charge is 0.354 e. The Morgan fingerprint density at radius 3 is 2.35 bits per heavy atom. The van der Waals surface area contributed by atoms with Gasteiger partial charge in [0.2, 0.25) is 5.91 Å². The standard InChI is InChI=1S/C25H22F3N3O3/c1-24(20-11-8-17-4-2-3-5-18(17)14-20)22(33)31(23(34)30-24)15-21(32)29-13-12-16-6-9-19(10-7-16)25(26,27)28/h2-11,14H,12-13,15H2,1H3,(H,29,32)(H,30,34). The highest BCUT2D eigenvalue weighted by Crippen LogP contribution is 2.31. The zero-order valence-corrected chi connectivity index (χ0v) is 18.3. The van der Waals surface area contributed by atoms with Crippen molar-refractivity contribution in [2.75, 3.05) is 13.1 Å². The fourth-order valence-electron chi connectivity index (χ4n) is 3.94. The molecule has 176 valence electrons. The SMILES string of the molecule is CC1(c2ccc3ccccc3c2)NC(=O)N(CC(=O)NCCc2ccc(C(F)(F)F)cc2)C1=O. The summed E-state index contributed by atoms with van der Waals surface area (Å²) in [5.74, 6) is -1.08. The number of imide groups is 1. The summed E-state index contributed by atoms with van der Waals surface area (Å²) in [6.45, 7) is 1.29. The van der Waals surface area contributed by atoms with E-state index in [9.17, 15) is 27.6 Å². The molecule has 1 aliphatic rings. The Bertz CT molecular complexity index is 1260. The van der Waals surface area contributed by atoms with Crippen LogP contribution in [0.15, 0.2) is 66.7 Å². The van der Waals surface area contributed by atoms with E-state index in [-0.39, 0.29) is 6.54 Å². The fourth-order valence-corrected chi connectivity index (χ4v) is 3.94. The van der Waals surface area contributed by atoms with Crippen LogP contribution in [0.25, 0.3) is 10.8 Å². The highest BCUT2D eigenvalue weighted by atomic mass is 19.4. The first-order valence-electron chi connectivity index (χ1n) is 10.6. The number of nitrogens with one attached hydrogen (secondary N) is 2. The number of rotatable bonds is 6. The third kappa shape index (κ3) is 4.59. The van der Waals surface area contributed by atoms with E-state index in [1.807, 2.05) is 36.4 Å². The number of urea groups is 1. The van der Waals surface area contributed by atoms with Crippen molar-refractivity contribution in [1.29, 1.82) is 0 Å². The van der Waals surface area contributed by atoms with Crippen molar-refractivity contribution in [3.05, 3.63) is 83.4 Å². The van der Waals surface area contributed by atoms with Gasteiger partial charge in [-0.25, -0.2) is 4.79 Å². The fraction of sp³-hybridized carbons (Fsp3) is 0.240. The summed E-state index contributed by atoms with van der Waals surface area (Å²) in [6, 6.07) is 17.1. The largest absolute Gasteiger partial charge is 0.416 e. The highest BCUT2D eigenvalue weighted by molar-refractivity contribution is 6.09. The Labute approximate surface area is 193 Å². The molecular weight excluding hydrogens is 447 g/mol. The molecule has 3 aromatic carbocycles. The van der Waals surface area contributed by atoms with Crippen LogP contribution in [0, 0.1) is 0 Å². The Morgan fingerprint density at radius 2 is 1.68 bits per heavy atom. The molecule has 34 heavy (non-hydrogen) atoms. The molecule has 6 nitrogen and oxygen atoms in total. The lowest BCUT2D eigenvalue weighted by molar-refractivity contribution is -0.137. The van der Waals surface area contributed by atoms with Crippen molar-refractivity contribution < 1.29 is 27.6 Å². The van der Waals surface area contributed by atoms with Gasteiger partial charge < -0.3 is 10.6 Å². The number of fused-ring (bicyclic) bond motifs is 1. The van der Waals surface area contributed by atoms with E-state index in [0.717, 1.165) is 27.8 Å². The number of hydrogen-bond acceptors (Lipinski definition) is 3. The number of hydrogen-bond donors (Lipinski definition) is 2. The summed E-state index contributed by atoms with van der Waals surface area (Å²) in [6.07, 6.45) is -4.10. The Hall–Kier alpha value is -3.88. The van der Waals surface area contributed by atoms with E-state index in [2.05, 4.69) is 10.6 Å². The molecule has 0 bridgehead atoms. The number of amides is 4. The third-order valence-electron chi connectivity index (χ3n) is 5.92. The van der Waals surface area contributed by atoms with Crippen molar-refractivity contribution in [3.63, 3.8) is 0 Å². The van der Waals surface area contributed by atoms with E-state index in [0.29, 0.717) is 17.5 Å². The van der Waals surface area contributed by atoms with Gasteiger partial charge in [-0.05, 0) is 53.4 Å². The molecule has 0 spiro atoms. The van der Waals surface area contributed by atoms with Gasteiger partial charge in [-0.3, -0.25) is 14.5 Å². The van der Waals surface area contributed by atoms with Crippen LogP contribution in [0.5, 0.6) is 0 Å². The second-order valence-electron chi connectivity index (χ2n) is 8.30. The Kier molecular flexibility index (Phi) is 6.03. The molecule has 1 fully saturated rings. The van der Waals surface area contributed by atoms with Gasteiger partial charge in [-0.1, -0.05) is 48.5 Å². The third-order valence-corrected chi connectivity index (χ3v) is 5.92. The van der Waals surface area contributed by atoms with Crippen LogP contribution in [-0.4, -0.2) is 35.8 Å². The molecule has 0 aromatic heterocycles. The van der Waals surface area contributed by atoms with Crippen LogP contribution in [0.1, 0.15) is 23.6 Å². The summed E-state index contributed by atoms with van der Waals surface area (Å²) < 4.78 is 37.9. The van der Waals surface area contributed by atoms with Crippen LogP contribution < -0.4 is 10.6 Å². The quantitative estimate of drug-likeness (QED) is 0.536. The molecule has 1 saturated heterocycles. The lowest BCUT2D eigenvalue weighted by Crippen LogP contribution is -2.43. The van der Waals surface area contributed by atoms with Crippen LogP contribution in [-0.2, 0) is 27.7 Å². The molecule has 4 rings (SSSR count). The number of benzene rings is 3. The lowest BCUT2D eigenvalue weighted by Gasteiger charge is -2.22. The maximum absolute atomic E-state index is 13.1. The Balaban J connectivity index is 1.36. The topological polar surface area (TPSA) is 78.5 Å². The number of nitrogens with zero attached hydrogens (tertiary/aromatic N) is 1. The summed E-state index contributed by atoms with van der Waals surface area (Å²) in [5, 5.41) is 7.20. The number of halogens is 3. The van der Waals surface area contributed by atoms with E-state index < -0.39 is 41.7 Å². The van der Waals surface area contributed by atoms with Crippen molar-refractivity contribution in [2.24, 2.45) is 0 Å². The zero-order valence-electron chi connectivity index (χ0n) is 18.3. The molecule has 9 heteroatoms. The molecular formula is C25H22F3N3O3. The average Bonchev–Trinajstić information content (AvgIpc) is 3.02. The minimum atomic E-state index is -4.41. The number of alkyl halides is 3. The van der Waals surface area contributed by atoms with Crippen LogP contribution >= 0.6 is 0 Å². The first-order valence-corrected chi connectivity index (χ1v) is 10.6. The molecule has 1 aliphatic heterocycles. The second-order valence-corrected chi connectivity index (χ2v) is 8.30. The molecule has 3 aromatic rings. The monoisotopic (exact) mass is 469 g/mol. The van der Waals surface area contributed by atoms with E-state index in [1.54, 1.807) is 13.0 Å². The molecule has 0 radical (unpaired) electrons. The van der Waals surface area contributed by atoms with E-state index in [4.69, 9.17) is 0 Å². The minimum absolute atomic E-state index is 0.149. The maximum Gasteiger partial charge on any atom is 0.416 e. The van der Waals surface area contributed by atoms with Crippen molar-refractivity contribution in [1.82, 2.24) is 15.5 Å². The van der Waals surface area contributed by atoms with Crippen molar-refractivity contribution in [2.45, 2.75) is 25.1 Å². The molecule has 1 atom stereocenters. The normalized spacial score (nSPS) is 18.3. The maximum atomic E-state index is 13.1. The molecule has 2 N–H and O–H groups in total. The number of carbonyl (C=O) groups excluding carboxylic acids is 3. The molecule has 0 aliphatic carbocycles. The summed E-state index contributed by atoms with van der Waals surface area (Å²) in [4.78, 5) is 38.8. The molecule has 1 unspecified atom stereocenters. The highest BCUT2D eigenvalue weighted by Gasteiger charge is 2.49. The average molecular weight is 469 g/mol. The van der Waals surface area contributed by atoms with Crippen LogP contribution in [0.3, 0.4) is 0 Å². The van der Waals surface area contributed by atoms with Gasteiger partial charge >= 0.3 is 12.2 Å². The first kappa shape index (κ1) is 23.3. The first-order chi connectivity index (χ1) is 16.1. The molecule has 1 heterocycles. The van der Waals surface area contributed by atoms with Gasteiger partial charge in [0.05, 0.1) is 5.56 Å². The predicted octanol–water partition coefficient (Wildman–Crippen LogP) is 3.98. The predicted molar refractivity (Wildman–Crippen MR) is 120 cm³/mol. The van der Waals surface area contributed by atoms with Crippen molar-refractivity contribution >= 4 is 28.6 Å². The second kappa shape index (κ2) is 8.81. The van der Waals surface area contributed by atoms with Gasteiger partial charge in [0.15, 0.2) is 0 Å². The molecule has 0 saturated carbocycles.